The Labute approximate surface area is 163 Å². The van der Waals surface area contributed by atoms with E-state index in [4.69, 9.17) is 0 Å². The van der Waals surface area contributed by atoms with E-state index in [2.05, 4.69) is 15.0 Å². The summed E-state index contributed by atoms with van der Waals surface area (Å²) >= 11 is 0. The average molecular weight is 406 g/mol. The number of aromatic hydroxyl groups is 1. The number of pyridine rings is 1. The lowest BCUT2D eigenvalue weighted by atomic mass is 9.94. The van der Waals surface area contributed by atoms with Crippen LogP contribution < -0.4 is 4.90 Å². The van der Waals surface area contributed by atoms with Crippen LogP contribution in [0.4, 0.5) is 23.4 Å². The molecule has 1 spiro atoms. The second-order valence-electron chi connectivity index (χ2n) is 7.97. The van der Waals surface area contributed by atoms with Gasteiger partial charge >= 0.3 is 6.18 Å². The number of phenolic OH excluding ortho intramolecular Hbond substituents is 1. The summed E-state index contributed by atoms with van der Waals surface area (Å²) in [7, 11) is 0. The zero-order valence-corrected chi connectivity index (χ0v) is 15.4. The van der Waals surface area contributed by atoms with Crippen LogP contribution in [0, 0.1) is 11.2 Å². The van der Waals surface area contributed by atoms with Crippen molar-refractivity contribution in [3.05, 3.63) is 42.0 Å². The molecule has 0 bridgehead atoms. The van der Waals surface area contributed by atoms with E-state index in [-0.39, 0.29) is 5.69 Å². The summed E-state index contributed by atoms with van der Waals surface area (Å²) in [6, 6.07) is 3.41. The number of halogens is 4. The normalized spacial score (nSPS) is 18.6. The van der Waals surface area contributed by atoms with E-state index in [0.29, 0.717) is 22.4 Å². The van der Waals surface area contributed by atoms with Crippen LogP contribution in [-0.2, 0) is 6.18 Å². The number of phenols is 1. The van der Waals surface area contributed by atoms with Crippen LogP contribution in [0.1, 0.15) is 31.2 Å². The topological polar surface area (TPSA) is 54.2 Å². The fourth-order valence-electron chi connectivity index (χ4n) is 4.10. The summed E-state index contributed by atoms with van der Waals surface area (Å²) < 4.78 is 54.2. The molecule has 5 rings (SSSR count). The molecule has 0 amide bonds. The Kier molecular flexibility index (Phi) is 3.81. The van der Waals surface area contributed by atoms with Crippen LogP contribution in [0.25, 0.3) is 16.6 Å². The van der Waals surface area contributed by atoms with Gasteiger partial charge in [0.2, 0.25) is 0 Å². The van der Waals surface area contributed by atoms with Crippen LogP contribution >= 0.6 is 0 Å². The molecule has 1 aliphatic carbocycles. The van der Waals surface area contributed by atoms with Crippen LogP contribution in [0.15, 0.2) is 30.6 Å². The van der Waals surface area contributed by atoms with Gasteiger partial charge in [0, 0.05) is 24.5 Å². The second kappa shape index (κ2) is 6.08. The fourth-order valence-corrected chi connectivity index (χ4v) is 4.10. The highest BCUT2D eigenvalue weighted by molar-refractivity contribution is 5.82. The van der Waals surface area contributed by atoms with E-state index >= 15 is 0 Å². The van der Waals surface area contributed by atoms with Crippen molar-refractivity contribution in [2.24, 2.45) is 5.41 Å². The minimum atomic E-state index is -4.93. The molecule has 0 unspecified atom stereocenters. The Morgan fingerprint density at radius 1 is 1.00 bits per heavy atom. The summed E-state index contributed by atoms with van der Waals surface area (Å²) in [5, 5.41) is 14.5. The molecule has 9 heteroatoms. The molecule has 0 atom stereocenters. The molecular formula is C20H18F4N4O. The van der Waals surface area contributed by atoms with E-state index in [0.717, 1.165) is 37.8 Å². The average Bonchev–Trinajstić information content (AvgIpc) is 3.29. The third-order valence-electron chi connectivity index (χ3n) is 6.13. The quantitative estimate of drug-likeness (QED) is 0.629. The molecule has 1 N–H and O–H groups in total. The number of fused-ring (bicyclic) bond motifs is 1. The van der Waals surface area contributed by atoms with E-state index < -0.39 is 23.3 Å². The molecule has 2 aromatic heterocycles. The predicted octanol–water partition coefficient (Wildman–Crippen LogP) is 4.66. The highest BCUT2D eigenvalue weighted by Gasteiger charge is 2.44. The molecule has 1 aromatic carbocycles. The Hall–Kier alpha value is -2.84. The molecule has 1 saturated heterocycles. The van der Waals surface area contributed by atoms with E-state index in [1.165, 1.54) is 23.7 Å². The molecule has 29 heavy (non-hydrogen) atoms. The zero-order valence-electron chi connectivity index (χ0n) is 15.4. The number of benzene rings is 1. The second-order valence-corrected chi connectivity index (χ2v) is 7.97. The molecule has 3 aromatic rings. The van der Waals surface area contributed by atoms with Gasteiger partial charge in [-0.15, -0.1) is 0 Å². The van der Waals surface area contributed by atoms with E-state index in [1.54, 1.807) is 6.20 Å². The smallest absolute Gasteiger partial charge is 0.419 e. The van der Waals surface area contributed by atoms with Gasteiger partial charge in [0.05, 0.1) is 29.2 Å². The van der Waals surface area contributed by atoms with Gasteiger partial charge in [0.25, 0.3) is 0 Å². The molecule has 5 nitrogen and oxygen atoms in total. The van der Waals surface area contributed by atoms with Crippen LogP contribution in [-0.4, -0.2) is 33.0 Å². The van der Waals surface area contributed by atoms with Crippen molar-refractivity contribution in [1.82, 2.24) is 14.8 Å². The van der Waals surface area contributed by atoms with Crippen molar-refractivity contribution in [1.29, 1.82) is 0 Å². The van der Waals surface area contributed by atoms with Crippen molar-refractivity contribution in [2.45, 2.75) is 31.9 Å². The van der Waals surface area contributed by atoms with Crippen molar-refractivity contribution >= 4 is 16.7 Å². The fraction of sp³-hybridized carbons (Fsp3) is 0.400. The Bertz CT molecular complexity index is 1090. The maximum absolute atomic E-state index is 13.7. The van der Waals surface area contributed by atoms with E-state index in [9.17, 15) is 22.7 Å². The molecule has 2 aliphatic rings. The largest absolute Gasteiger partial charge is 0.505 e. The Morgan fingerprint density at radius 3 is 2.38 bits per heavy atom. The van der Waals surface area contributed by atoms with Crippen LogP contribution in [0.2, 0.25) is 0 Å². The molecule has 0 radical (unpaired) electrons. The Balaban J connectivity index is 1.50. The highest BCUT2D eigenvalue weighted by Crippen LogP contribution is 2.53. The molecule has 152 valence electrons. The van der Waals surface area contributed by atoms with E-state index in [1.807, 2.05) is 6.07 Å². The number of piperidine rings is 1. The standard InChI is InChI=1S/C20H18F4N4O/c21-18-14(20(22,23)24)8-13(9-16(18)29)28-15-11-25-17(7-12(15)10-26-28)27-5-3-19(1-2-19)4-6-27/h7-11,29H,1-6H2. The molecule has 2 fully saturated rings. The van der Waals surface area contributed by atoms with Gasteiger partial charge in [-0.2, -0.15) is 18.3 Å². The number of hydrogen-bond donors (Lipinski definition) is 1. The summed E-state index contributed by atoms with van der Waals surface area (Å²) in [6.07, 6.45) is 3.07. The minimum absolute atomic E-state index is 0.0885. The lowest BCUT2D eigenvalue weighted by Gasteiger charge is -2.32. The lowest BCUT2D eigenvalue weighted by Crippen LogP contribution is -2.34. The number of rotatable bonds is 2. The predicted molar refractivity (Wildman–Crippen MR) is 98.6 cm³/mol. The third kappa shape index (κ3) is 3.08. The van der Waals surface area contributed by atoms with Gasteiger partial charge in [0.1, 0.15) is 5.82 Å². The lowest BCUT2D eigenvalue weighted by molar-refractivity contribution is -0.140. The number of alkyl halides is 3. The van der Waals surface area contributed by atoms with Crippen molar-refractivity contribution < 1.29 is 22.7 Å². The molecular weight excluding hydrogens is 388 g/mol. The Morgan fingerprint density at radius 2 is 1.72 bits per heavy atom. The van der Waals surface area contributed by atoms with Gasteiger partial charge in [0.15, 0.2) is 11.6 Å². The maximum Gasteiger partial charge on any atom is 0.419 e. The van der Waals surface area contributed by atoms with Crippen LogP contribution in [0.3, 0.4) is 0 Å². The minimum Gasteiger partial charge on any atom is -0.505 e. The van der Waals surface area contributed by atoms with Gasteiger partial charge in [-0.3, -0.25) is 0 Å². The molecule has 1 saturated carbocycles. The first kappa shape index (κ1) is 18.2. The number of aromatic nitrogens is 3. The van der Waals surface area contributed by atoms with Crippen molar-refractivity contribution in [3.63, 3.8) is 0 Å². The van der Waals surface area contributed by atoms with Crippen molar-refractivity contribution in [3.8, 4) is 11.4 Å². The number of hydrogen-bond acceptors (Lipinski definition) is 4. The summed E-state index contributed by atoms with van der Waals surface area (Å²) in [4.78, 5) is 6.69. The van der Waals surface area contributed by atoms with Gasteiger partial charge in [-0.25, -0.2) is 14.1 Å². The van der Waals surface area contributed by atoms with Gasteiger partial charge in [-0.1, -0.05) is 0 Å². The third-order valence-corrected chi connectivity index (χ3v) is 6.13. The first-order valence-corrected chi connectivity index (χ1v) is 9.45. The van der Waals surface area contributed by atoms with Crippen LogP contribution in [0.5, 0.6) is 5.75 Å². The molecule has 1 aliphatic heterocycles. The summed E-state index contributed by atoms with van der Waals surface area (Å²) in [5.74, 6) is -1.97. The van der Waals surface area contributed by atoms with Gasteiger partial charge < -0.3 is 10.0 Å². The first-order valence-electron chi connectivity index (χ1n) is 9.45. The zero-order chi connectivity index (χ0) is 20.4. The van der Waals surface area contributed by atoms with Crippen molar-refractivity contribution in [2.75, 3.05) is 18.0 Å². The monoisotopic (exact) mass is 406 g/mol. The maximum atomic E-state index is 13.7. The SMILES string of the molecule is Oc1cc(-n2ncc3cc(N4CCC5(CC4)CC5)ncc32)cc(C(F)(F)F)c1F. The molecule has 3 heterocycles. The summed E-state index contributed by atoms with van der Waals surface area (Å²) in [6.45, 7) is 1.88. The highest BCUT2D eigenvalue weighted by atomic mass is 19.4. The number of anilines is 1. The van der Waals surface area contributed by atoms with Gasteiger partial charge in [-0.05, 0) is 43.2 Å². The number of nitrogens with zero attached hydrogens (tertiary/aromatic N) is 4. The summed E-state index contributed by atoms with van der Waals surface area (Å²) in [5.41, 5.74) is -0.604. The first-order chi connectivity index (χ1) is 13.8.